The number of hydrogen-bond acceptors (Lipinski definition) is 4. The van der Waals surface area contributed by atoms with E-state index in [1.165, 1.54) is 29.3 Å². The molecule has 4 rings (SSSR count). The Bertz CT molecular complexity index is 900. The maximum Gasteiger partial charge on any atom is 0.122 e. The molecule has 0 spiro atoms. The molecule has 0 bridgehead atoms. The van der Waals surface area contributed by atoms with Gasteiger partial charge in [-0.2, -0.15) is 5.26 Å². The smallest absolute Gasteiger partial charge is 0.122 e. The van der Waals surface area contributed by atoms with E-state index in [0.717, 1.165) is 38.5 Å². The van der Waals surface area contributed by atoms with E-state index in [1.807, 2.05) is 6.07 Å². The molecular formula is C22H26N4O. The fraction of sp³-hybridized carbons (Fsp3) is 0.409. The Kier molecular flexibility index (Phi) is 5.57. The summed E-state index contributed by atoms with van der Waals surface area (Å²) in [7, 11) is 0. The molecule has 0 saturated carbocycles. The highest BCUT2D eigenvalue weighted by molar-refractivity contribution is 5.83. The van der Waals surface area contributed by atoms with Crippen LogP contribution in [0, 0.1) is 11.3 Å². The topological polar surface area (TPSA) is 57.1 Å². The minimum Gasteiger partial charge on any atom is -0.468 e. The summed E-state index contributed by atoms with van der Waals surface area (Å²) in [6.45, 7) is 4.69. The lowest BCUT2D eigenvalue weighted by atomic mass is 10.1. The van der Waals surface area contributed by atoms with Gasteiger partial charge in [-0.1, -0.05) is 18.2 Å². The average Bonchev–Trinajstić information content (AvgIpc) is 3.45. The zero-order valence-corrected chi connectivity index (χ0v) is 15.6. The summed E-state index contributed by atoms with van der Waals surface area (Å²) in [5.41, 5.74) is 2.48. The van der Waals surface area contributed by atoms with Crippen LogP contribution in [0.2, 0.25) is 0 Å². The molecule has 0 radical (unpaired) electrons. The summed E-state index contributed by atoms with van der Waals surface area (Å²) in [5.74, 6) is 1.04. The van der Waals surface area contributed by atoms with Gasteiger partial charge < -0.3 is 14.3 Å². The van der Waals surface area contributed by atoms with Crippen molar-refractivity contribution in [3.63, 3.8) is 0 Å². The fourth-order valence-corrected chi connectivity index (χ4v) is 4.11. The molecule has 1 fully saturated rings. The Morgan fingerprint density at radius 2 is 2.00 bits per heavy atom. The Morgan fingerprint density at radius 1 is 1.15 bits per heavy atom. The first kappa shape index (κ1) is 17.8. The molecule has 5 nitrogen and oxygen atoms in total. The largest absolute Gasteiger partial charge is 0.468 e. The molecule has 3 aromatic rings. The van der Waals surface area contributed by atoms with Crippen LogP contribution in [0.5, 0.6) is 0 Å². The first-order chi connectivity index (χ1) is 13.4. The number of hydrogen-bond donors (Lipinski definition) is 1. The quantitative estimate of drug-likeness (QED) is 0.656. The van der Waals surface area contributed by atoms with Crippen molar-refractivity contribution in [1.29, 1.82) is 5.26 Å². The van der Waals surface area contributed by atoms with Crippen LogP contribution in [-0.2, 0) is 13.1 Å². The fourth-order valence-electron chi connectivity index (χ4n) is 4.11. The second-order valence-corrected chi connectivity index (χ2v) is 7.18. The van der Waals surface area contributed by atoms with Crippen LogP contribution in [0.4, 0.5) is 0 Å². The lowest BCUT2D eigenvalue weighted by Crippen LogP contribution is -2.33. The van der Waals surface area contributed by atoms with Crippen LogP contribution in [0.15, 0.2) is 53.3 Å². The summed E-state index contributed by atoms with van der Waals surface area (Å²) >= 11 is 0. The lowest BCUT2D eigenvalue weighted by molar-refractivity contribution is 0.209. The summed E-state index contributed by atoms with van der Waals surface area (Å²) in [6.07, 6.45) is 7.02. The van der Waals surface area contributed by atoms with E-state index in [9.17, 15) is 0 Å². The van der Waals surface area contributed by atoms with Gasteiger partial charge in [0, 0.05) is 36.7 Å². The molecule has 1 saturated heterocycles. The van der Waals surface area contributed by atoms with Gasteiger partial charge in [0.1, 0.15) is 5.76 Å². The van der Waals surface area contributed by atoms with Crippen molar-refractivity contribution in [1.82, 2.24) is 14.8 Å². The maximum absolute atomic E-state index is 8.91. The molecule has 1 aliphatic heterocycles. The number of para-hydroxylation sites is 1. The second kappa shape index (κ2) is 8.43. The highest BCUT2D eigenvalue weighted by Gasteiger charge is 2.25. The van der Waals surface area contributed by atoms with Crippen molar-refractivity contribution < 1.29 is 4.42 Å². The third-order valence-corrected chi connectivity index (χ3v) is 5.44. The van der Waals surface area contributed by atoms with Crippen LogP contribution in [0.3, 0.4) is 0 Å². The zero-order valence-electron chi connectivity index (χ0n) is 15.6. The third-order valence-electron chi connectivity index (χ3n) is 5.44. The van der Waals surface area contributed by atoms with E-state index in [-0.39, 0.29) is 6.04 Å². The molecule has 3 heterocycles. The predicted molar refractivity (Wildman–Crippen MR) is 106 cm³/mol. The van der Waals surface area contributed by atoms with Crippen molar-refractivity contribution >= 4 is 10.9 Å². The van der Waals surface area contributed by atoms with Crippen molar-refractivity contribution in [2.75, 3.05) is 19.6 Å². The van der Waals surface area contributed by atoms with Crippen LogP contribution in [-0.4, -0.2) is 29.1 Å². The zero-order chi connectivity index (χ0) is 18.5. The normalized spacial score (nSPS) is 16.0. The van der Waals surface area contributed by atoms with E-state index in [0.29, 0.717) is 6.42 Å². The number of benzene rings is 1. The van der Waals surface area contributed by atoms with Crippen LogP contribution >= 0.6 is 0 Å². The number of nitrogens with one attached hydrogen (secondary N) is 1. The summed E-state index contributed by atoms with van der Waals surface area (Å²) in [4.78, 5) is 2.52. The first-order valence-corrected chi connectivity index (χ1v) is 9.78. The van der Waals surface area contributed by atoms with Crippen molar-refractivity contribution in [2.45, 2.75) is 38.4 Å². The van der Waals surface area contributed by atoms with Crippen LogP contribution in [0.1, 0.15) is 36.6 Å². The lowest BCUT2D eigenvalue weighted by Gasteiger charge is -2.26. The number of likely N-dealkylation sites (tertiary alicyclic amines) is 1. The molecule has 2 aromatic heterocycles. The number of nitriles is 1. The van der Waals surface area contributed by atoms with Gasteiger partial charge in [0.2, 0.25) is 0 Å². The second-order valence-electron chi connectivity index (χ2n) is 7.18. The molecule has 140 valence electrons. The van der Waals surface area contributed by atoms with E-state index < -0.39 is 0 Å². The molecular weight excluding hydrogens is 336 g/mol. The number of nitrogens with zero attached hydrogens (tertiary/aromatic N) is 3. The predicted octanol–water partition coefficient (Wildman–Crippen LogP) is 4.07. The van der Waals surface area contributed by atoms with Gasteiger partial charge in [-0.15, -0.1) is 0 Å². The summed E-state index contributed by atoms with van der Waals surface area (Å²) in [5, 5.41) is 13.8. The van der Waals surface area contributed by atoms with Gasteiger partial charge in [-0.05, 0) is 49.7 Å². The molecule has 27 heavy (non-hydrogen) atoms. The summed E-state index contributed by atoms with van der Waals surface area (Å²) < 4.78 is 7.91. The maximum atomic E-state index is 8.91. The highest BCUT2D eigenvalue weighted by Crippen LogP contribution is 2.26. The minimum atomic E-state index is 0.287. The molecule has 0 amide bonds. The van der Waals surface area contributed by atoms with E-state index >= 15 is 0 Å². The Balaban J connectivity index is 1.47. The van der Waals surface area contributed by atoms with Gasteiger partial charge in [0.15, 0.2) is 0 Å². The molecule has 0 unspecified atom stereocenters. The Morgan fingerprint density at radius 3 is 2.78 bits per heavy atom. The average molecular weight is 362 g/mol. The standard InChI is InChI=1S/C22H26N4O/c23-10-6-13-26-17-18(19-7-1-2-8-20(19)26)15-24-16-21(22-9-5-14-27-22)25-11-3-4-12-25/h1-2,5,7-9,14,17,21,24H,3-4,6,11-13,15-16H2/t21-/m1/s1. The number of fused-ring (bicyclic) bond motifs is 1. The van der Waals surface area contributed by atoms with Gasteiger partial charge in [0.25, 0.3) is 0 Å². The van der Waals surface area contributed by atoms with Crippen LogP contribution < -0.4 is 5.32 Å². The van der Waals surface area contributed by atoms with Gasteiger partial charge >= 0.3 is 0 Å². The number of aryl methyl sites for hydroxylation is 1. The Hall–Kier alpha value is -2.55. The number of furan rings is 1. The highest BCUT2D eigenvalue weighted by atomic mass is 16.3. The number of rotatable bonds is 8. The van der Waals surface area contributed by atoms with E-state index in [1.54, 1.807) is 6.26 Å². The molecule has 5 heteroatoms. The molecule has 1 atom stereocenters. The first-order valence-electron chi connectivity index (χ1n) is 9.78. The van der Waals surface area contributed by atoms with Crippen molar-refractivity contribution in [3.8, 4) is 6.07 Å². The van der Waals surface area contributed by atoms with Crippen LogP contribution in [0.25, 0.3) is 10.9 Å². The molecule has 0 aliphatic carbocycles. The van der Waals surface area contributed by atoms with E-state index in [4.69, 9.17) is 9.68 Å². The van der Waals surface area contributed by atoms with Crippen molar-refractivity contribution in [2.24, 2.45) is 0 Å². The molecule has 1 aliphatic rings. The Labute approximate surface area is 160 Å². The third kappa shape index (κ3) is 3.92. The SMILES string of the molecule is N#CCCn1cc(CNC[C@H](c2ccco2)N2CCCC2)c2ccccc21. The monoisotopic (exact) mass is 362 g/mol. The van der Waals surface area contributed by atoms with E-state index in [2.05, 4.69) is 57.4 Å². The molecule has 1 aromatic carbocycles. The van der Waals surface area contributed by atoms with Crippen molar-refractivity contribution in [3.05, 3.63) is 60.2 Å². The minimum absolute atomic E-state index is 0.287. The molecule has 1 N–H and O–H groups in total. The number of aromatic nitrogens is 1. The van der Waals surface area contributed by atoms with Gasteiger partial charge in [0.05, 0.1) is 24.8 Å². The van der Waals surface area contributed by atoms with Gasteiger partial charge in [-0.25, -0.2) is 0 Å². The summed E-state index contributed by atoms with van der Waals surface area (Å²) in [6, 6.07) is 15.0. The van der Waals surface area contributed by atoms with Gasteiger partial charge in [-0.3, -0.25) is 4.90 Å².